The molecule has 0 radical (unpaired) electrons. The van der Waals surface area contributed by atoms with Crippen LogP contribution >= 0.6 is 0 Å². The molecule has 0 saturated heterocycles. The maximum Gasteiger partial charge on any atom is 0.273 e. The van der Waals surface area contributed by atoms with Crippen LogP contribution in [0.1, 0.15) is 49.5 Å². The van der Waals surface area contributed by atoms with E-state index < -0.39 is 0 Å². The highest BCUT2D eigenvalue weighted by molar-refractivity contribution is 5.94. The zero-order chi connectivity index (χ0) is 13.0. The number of aromatic nitrogens is 1. The molecule has 98 valence electrons. The largest absolute Gasteiger partial charge is 0.505 e. The van der Waals surface area contributed by atoms with Gasteiger partial charge in [0.15, 0.2) is 5.69 Å². The topological polar surface area (TPSA) is 62.2 Å². The lowest BCUT2D eigenvalue weighted by Crippen LogP contribution is -2.37. The Morgan fingerprint density at radius 1 is 1.44 bits per heavy atom. The molecule has 1 aromatic heterocycles. The second kappa shape index (κ2) is 5.85. The molecule has 0 unspecified atom stereocenters. The van der Waals surface area contributed by atoms with E-state index in [0.717, 1.165) is 18.8 Å². The van der Waals surface area contributed by atoms with Crippen molar-refractivity contribution >= 4 is 5.91 Å². The zero-order valence-corrected chi connectivity index (χ0v) is 10.7. The Bertz CT molecular complexity index is 412. The molecule has 1 heterocycles. The number of pyridine rings is 1. The van der Waals surface area contributed by atoms with Crippen molar-refractivity contribution in [2.45, 2.75) is 45.1 Å². The molecule has 0 aromatic carbocycles. The van der Waals surface area contributed by atoms with Crippen molar-refractivity contribution in [3.63, 3.8) is 0 Å². The van der Waals surface area contributed by atoms with Crippen molar-refractivity contribution in [2.75, 3.05) is 0 Å². The fourth-order valence-electron chi connectivity index (χ4n) is 2.54. The Kier molecular flexibility index (Phi) is 4.18. The lowest BCUT2D eigenvalue weighted by Gasteiger charge is -2.28. The number of amides is 1. The molecular formula is C14H20N2O2. The second-order valence-corrected chi connectivity index (χ2v) is 4.97. The van der Waals surface area contributed by atoms with Gasteiger partial charge in [0.1, 0.15) is 5.75 Å². The van der Waals surface area contributed by atoms with Gasteiger partial charge in [-0.05, 0) is 43.7 Å². The zero-order valence-electron chi connectivity index (χ0n) is 10.7. The minimum absolute atomic E-state index is 0.0581. The van der Waals surface area contributed by atoms with Gasteiger partial charge in [-0.2, -0.15) is 0 Å². The van der Waals surface area contributed by atoms with Gasteiger partial charge in [-0.15, -0.1) is 0 Å². The number of carbonyl (C=O) groups excluding carboxylic acids is 1. The normalized spacial score (nSPS) is 23.6. The number of rotatable bonds is 3. The maximum atomic E-state index is 12.0. The number of aromatic hydroxyl groups is 1. The monoisotopic (exact) mass is 248 g/mol. The summed E-state index contributed by atoms with van der Waals surface area (Å²) >= 11 is 0. The molecule has 18 heavy (non-hydrogen) atoms. The van der Waals surface area contributed by atoms with Gasteiger partial charge in [0.25, 0.3) is 5.91 Å². The highest BCUT2D eigenvalue weighted by Gasteiger charge is 2.22. The van der Waals surface area contributed by atoms with Gasteiger partial charge in [0.2, 0.25) is 0 Å². The van der Waals surface area contributed by atoms with Crippen LogP contribution in [0, 0.1) is 5.92 Å². The number of hydrogen-bond donors (Lipinski definition) is 2. The standard InChI is InChI=1S/C14H20N2O2/c1-2-10-5-7-11(8-6-10)16-14(18)13-12(17)4-3-9-15-13/h3-4,9-11,17H,2,5-8H2,1H3,(H,16,18). The summed E-state index contributed by atoms with van der Waals surface area (Å²) in [7, 11) is 0. The van der Waals surface area contributed by atoms with Crippen molar-refractivity contribution < 1.29 is 9.90 Å². The minimum Gasteiger partial charge on any atom is -0.505 e. The van der Waals surface area contributed by atoms with E-state index in [1.54, 1.807) is 6.07 Å². The number of hydrogen-bond acceptors (Lipinski definition) is 3. The molecule has 2 N–H and O–H groups in total. The molecule has 0 spiro atoms. The van der Waals surface area contributed by atoms with Crippen LogP contribution in [0.25, 0.3) is 0 Å². The molecule has 1 aromatic rings. The first-order valence-electron chi connectivity index (χ1n) is 6.65. The van der Waals surface area contributed by atoms with Crippen molar-refractivity contribution in [3.05, 3.63) is 24.0 Å². The first-order valence-corrected chi connectivity index (χ1v) is 6.65. The lowest BCUT2D eigenvalue weighted by molar-refractivity contribution is 0.0913. The van der Waals surface area contributed by atoms with Gasteiger partial charge in [-0.3, -0.25) is 4.79 Å². The van der Waals surface area contributed by atoms with Gasteiger partial charge in [-0.1, -0.05) is 13.3 Å². The van der Waals surface area contributed by atoms with Crippen LogP contribution in [-0.4, -0.2) is 22.0 Å². The molecule has 1 saturated carbocycles. The van der Waals surface area contributed by atoms with E-state index in [2.05, 4.69) is 17.2 Å². The van der Waals surface area contributed by atoms with Crippen LogP contribution in [0.4, 0.5) is 0 Å². The Hall–Kier alpha value is -1.58. The smallest absolute Gasteiger partial charge is 0.273 e. The molecule has 1 amide bonds. The SMILES string of the molecule is CCC1CCC(NC(=O)c2ncccc2O)CC1. The van der Waals surface area contributed by atoms with Gasteiger partial charge >= 0.3 is 0 Å². The molecule has 0 atom stereocenters. The fourth-order valence-corrected chi connectivity index (χ4v) is 2.54. The number of nitrogens with zero attached hydrogens (tertiary/aromatic N) is 1. The molecule has 1 aliphatic rings. The molecule has 2 rings (SSSR count). The average Bonchev–Trinajstić information content (AvgIpc) is 2.40. The third-order valence-corrected chi connectivity index (χ3v) is 3.76. The Morgan fingerprint density at radius 3 is 2.78 bits per heavy atom. The van der Waals surface area contributed by atoms with Gasteiger partial charge in [0, 0.05) is 12.2 Å². The van der Waals surface area contributed by atoms with Crippen LogP contribution in [0.5, 0.6) is 5.75 Å². The summed E-state index contributed by atoms with van der Waals surface area (Å²) in [4.78, 5) is 15.9. The predicted octanol–water partition coefficient (Wildman–Crippen LogP) is 2.49. The van der Waals surface area contributed by atoms with Crippen LogP contribution < -0.4 is 5.32 Å². The van der Waals surface area contributed by atoms with Crippen molar-refractivity contribution in [3.8, 4) is 5.75 Å². The van der Waals surface area contributed by atoms with Crippen LogP contribution in [-0.2, 0) is 0 Å². The highest BCUT2D eigenvalue weighted by Crippen LogP contribution is 2.26. The molecule has 4 heteroatoms. The predicted molar refractivity (Wildman–Crippen MR) is 69.4 cm³/mol. The summed E-state index contributed by atoms with van der Waals surface area (Å²) in [6.07, 6.45) is 7.14. The van der Waals surface area contributed by atoms with Crippen molar-refractivity contribution in [2.24, 2.45) is 5.92 Å². The van der Waals surface area contributed by atoms with Gasteiger partial charge in [0.05, 0.1) is 0 Å². The van der Waals surface area contributed by atoms with E-state index in [1.807, 2.05) is 0 Å². The van der Waals surface area contributed by atoms with E-state index in [9.17, 15) is 9.90 Å². The highest BCUT2D eigenvalue weighted by atomic mass is 16.3. The second-order valence-electron chi connectivity index (χ2n) is 4.97. The van der Waals surface area contributed by atoms with Gasteiger partial charge < -0.3 is 10.4 Å². The molecule has 0 bridgehead atoms. The summed E-state index contributed by atoms with van der Waals surface area (Å²) in [6, 6.07) is 3.32. The van der Waals surface area contributed by atoms with Crippen molar-refractivity contribution in [1.82, 2.24) is 10.3 Å². The van der Waals surface area contributed by atoms with Crippen LogP contribution in [0.15, 0.2) is 18.3 Å². The summed E-state index contributed by atoms with van der Waals surface area (Å²) in [5, 5.41) is 12.5. The Labute approximate surface area is 107 Å². The lowest BCUT2D eigenvalue weighted by atomic mass is 9.84. The first kappa shape index (κ1) is 12.9. The number of carbonyl (C=O) groups is 1. The van der Waals surface area contributed by atoms with Gasteiger partial charge in [-0.25, -0.2) is 4.98 Å². The summed E-state index contributed by atoms with van der Waals surface area (Å²) in [6.45, 7) is 2.22. The fraction of sp³-hybridized carbons (Fsp3) is 0.571. The van der Waals surface area contributed by atoms with E-state index in [0.29, 0.717) is 0 Å². The first-order chi connectivity index (χ1) is 8.70. The maximum absolute atomic E-state index is 12.0. The number of nitrogens with one attached hydrogen (secondary N) is 1. The van der Waals surface area contributed by atoms with E-state index in [4.69, 9.17) is 0 Å². The molecule has 4 nitrogen and oxygen atoms in total. The quantitative estimate of drug-likeness (QED) is 0.863. The average molecular weight is 248 g/mol. The van der Waals surface area contributed by atoms with E-state index in [1.165, 1.54) is 31.5 Å². The molecule has 1 aliphatic carbocycles. The molecular weight excluding hydrogens is 228 g/mol. The minimum atomic E-state index is -0.270. The van der Waals surface area contributed by atoms with Crippen molar-refractivity contribution in [1.29, 1.82) is 0 Å². The van der Waals surface area contributed by atoms with E-state index >= 15 is 0 Å². The Morgan fingerprint density at radius 2 is 2.17 bits per heavy atom. The molecule has 0 aliphatic heterocycles. The third-order valence-electron chi connectivity index (χ3n) is 3.76. The third kappa shape index (κ3) is 3.00. The molecule has 1 fully saturated rings. The Balaban J connectivity index is 1.91. The van der Waals surface area contributed by atoms with Crippen LogP contribution in [0.3, 0.4) is 0 Å². The summed E-state index contributed by atoms with van der Waals surface area (Å²) in [5.74, 6) is 0.478. The summed E-state index contributed by atoms with van der Waals surface area (Å²) in [5.41, 5.74) is 0.120. The summed E-state index contributed by atoms with van der Waals surface area (Å²) < 4.78 is 0. The van der Waals surface area contributed by atoms with Crippen LogP contribution in [0.2, 0.25) is 0 Å². The van der Waals surface area contributed by atoms with E-state index in [-0.39, 0.29) is 23.4 Å².